The van der Waals surface area contributed by atoms with Gasteiger partial charge in [0.25, 0.3) is 5.91 Å². The first-order valence-corrected chi connectivity index (χ1v) is 12.9. The summed E-state index contributed by atoms with van der Waals surface area (Å²) < 4.78 is 32.8. The number of benzene rings is 2. The Balaban J connectivity index is 1.35. The number of aliphatic hydroxyl groups excluding tert-OH is 1. The van der Waals surface area contributed by atoms with Crippen LogP contribution in [0.25, 0.3) is 5.57 Å². The first-order chi connectivity index (χ1) is 17.7. The Morgan fingerprint density at radius 1 is 1.08 bits per heavy atom. The number of hydrogen-bond acceptors (Lipinski definition) is 4. The summed E-state index contributed by atoms with van der Waals surface area (Å²) in [6.45, 7) is -0.0669. The fourth-order valence-electron chi connectivity index (χ4n) is 5.10. The zero-order chi connectivity index (χ0) is 26.6. The molecule has 0 aromatic heterocycles. The predicted molar refractivity (Wildman–Crippen MR) is 137 cm³/mol. The van der Waals surface area contributed by atoms with Gasteiger partial charge in [-0.05, 0) is 54.7 Å². The van der Waals surface area contributed by atoms with E-state index in [0.717, 1.165) is 38.2 Å². The molecule has 198 valence electrons. The highest BCUT2D eigenvalue weighted by Gasteiger charge is 2.44. The minimum absolute atomic E-state index is 0.0187. The van der Waals surface area contributed by atoms with Gasteiger partial charge >= 0.3 is 0 Å². The summed E-state index contributed by atoms with van der Waals surface area (Å²) >= 11 is 11.4. The molecule has 1 heterocycles. The molecule has 6 nitrogen and oxygen atoms in total. The zero-order valence-electron chi connectivity index (χ0n) is 20.1. The minimum atomic E-state index is -0.903. The van der Waals surface area contributed by atoms with E-state index in [0.29, 0.717) is 24.1 Å². The summed E-state index contributed by atoms with van der Waals surface area (Å²) in [5, 5.41) is 13.4. The molecule has 1 fully saturated rings. The smallest absolute Gasteiger partial charge is 0.258 e. The highest BCUT2D eigenvalue weighted by atomic mass is 35.5. The van der Waals surface area contributed by atoms with E-state index < -0.39 is 29.2 Å². The molecule has 4 rings (SSSR count). The third kappa shape index (κ3) is 6.61. The average Bonchev–Trinajstić information content (AvgIpc) is 3.28. The maximum Gasteiger partial charge on any atom is 0.258 e. The lowest BCUT2D eigenvalue weighted by Crippen LogP contribution is -2.54. The number of carbonyl (C=O) groups is 2. The van der Waals surface area contributed by atoms with Crippen molar-refractivity contribution in [3.8, 4) is 5.75 Å². The Morgan fingerprint density at radius 3 is 2.43 bits per heavy atom. The second kappa shape index (κ2) is 11.8. The summed E-state index contributed by atoms with van der Waals surface area (Å²) in [7, 11) is 0. The zero-order valence-corrected chi connectivity index (χ0v) is 21.6. The van der Waals surface area contributed by atoms with Crippen molar-refractivity contribution in [3.63, 3.8) is 0 Å². The van der Waals surface area contributed by atoms with Gasteiger partial charge in [0.05, 0.1) is 16.1 Å². The SMILES string of the molecule is O=C(COc1ccc(Cl)c(F)c1)NC[C@@H](O)CC1(N2CC(c3ccc(Cl)c(F)c3)=CC2=O)CCCCC1. The number of carbonyl (C=O) groups excluding carboxylic acids is 2. The molecule has 10 heteroatoms. The molecule has 0 spiro atoms. The number of nitrogens with one attached hydrogen (secondary N) is 1. The van der Waals surface area contributed by atoms with E-state index >= 15 is 0 Å². The van der Waals surface area contributed by atoms with Crippen molar-refractivity contribution in [1.82, 2.24) is 10.2 Å². The van der Waals surface area contributed by atoms with E-state index in [1.54, 1.807) is 11.0 Å². The monoisotopic (exact) mass is 552 g/mol. The van der Waals surface area contributed by atoms with Gasteiger partial charge in [-0.2, -0.15) is 0 Å². The molecule has 37 heavy (non-hydrogen) atoms. The van der Waals surface area contributed by atoms with Gasteiger partial charge < -0.3 is 20.1 Å². The fraction of sp³-hybridized carbons (Fsp3) is 0.407. The number of amides is 2. The van der Waals surface area contributed by atoms with Crippen molar-refractivity contribution in [3.05, 3.63) is 69.7 Å². The van der Waals surface area contributed by atoms with Crippen molar-refractivity contribution in [1.29, 1.82) is 0 Å². The van der Waals surface area contributed by atoms with Crippen LogP contribution in [0.1, 0.15) is 44.1 Å². The number of nitrogens with zero attached hydrogens (tertiary/aromatic N) is 1. The van der Waals surface area contributed by atoms with Gasteiger partial charge in [-0.1, -0.05) is 48.5 Å². The highest BCUT2D eigenvalue weighted by Crippen LogP contribution is 2.41. The molecule has 2 aromatic carbocycles. The predicted octanol–water partition coefficient (Wildman–Crippen LogP) is 5.15. The van der Waals surface area contributed by atoms with Crippen molar-refractivity contribution in [2.24, 2.45) is 0 Å². The number of rotatable bonds is 9. The quantitative estimate of drug-likeness (QED) is 0.451. The van der Waals surface area contributed by atoms with Gasteiger partial charge in [0.2, 0.25) is 5.91 Å². The van der Waals surface area contributed by atoms with Crippen LogP contribution in [0.2, 0.25) is 10.0 Å². The summed E-state index contributed by atoms with van der Waals surface area (Å²) in [6.07, 6.45) is 5.24. The Bertz CT molecular complexity index is 1200. The second-order valence-electron chi connectivity index (χ2n) is 9.53. The van der Waals surface area contributed by atoms with Gasteiger partial charge in [0, 0.05) is 30.8 Å². The molecule has 2 aromatic rings. The van der Waals surface area contributed by atoms with Crippen LogP contribution in [0.5, 0.6) is 5.75 Å². The molecule has 0 radical (unpaired) electrons. The number of aliphatic hydroxyl groups is 1. The largest absolute Gasteiger partial charge is 0.484 e. The van der Waals surface area contributed by atoms with Crippen LogP contribution in [-0.4, -0.2) is 53.2 Å². The highest BCUT2D eigenvalue weighted by molar-refractivity contribution is 6.31. The summed E-state index contributed by atoms with van der Waals surface area (Å²) in [5.41, 5.74) is 0.723. The molecule has 0 unspecified atom stereocenters. The van der Waals surface area contributed by atoms with Crippen molar-refractivity contribution in [2.75, 3.05) is 19.7 Å². The maximum atomic E-state index is 14.0. The van der Waals surface area contributed by atoms with Crippen molar-refractivity contribution < 1.29 is 28.2 Å². The van der Waals surface area contributed by atoms with Crippen molar-refractivity contribution in [2.45, 2.75) is 50.2 Å². The van der Waals surface area contributed by atoms with Gasteiger partial charge in [-0.3, -0.25) is 9.59 Å². The lowest BCUT2D eigenvalue weighted by atomic mass is 9.76. The van der Waals surface area contributed by atoms with Crippen LogP contribution in [0, 0.1) is 11.6 Å². The molecule has 2 amide bonds. The van der Waals surface area contributed by atoms with Crippen LogP contribution in [-0.2, 0) is 9.59 Å². The topological polar surface area (TPSA) is 78.9 Å². The Morgan fingerprint density at radius 2 is 1.76 bits per heavy atom. The average molecular weight is 553 g/mol. The van der Waals surface area contributed by atoms with Crippen LogP contribution in [0.4, 0.5) is 8.78 Å². The minimum Gasteiger partial charge on any atom is -0.484 e. The Kier molecular flexibility index (Phi) is 8.72. The molecule has 0 bridgehead atoms. The summed E-state index contributed by atoms with van der Waals surface area (Å²) in [5.74, 6) is -1.68. The van der Waals surface area contributed by atoms with Crippen molar-refractivity contribution >= 4 is 40.6 Å². The third-order valence-electron chi connectivity index (χ3n) is 6.95. The molecule has 1 saturated carbocycles. The first kappa shape index (κ1) is 27.4. The van der Waals surface area contributed by atoms with E-state index in [1.165, 1.54) is 30.3 Å². The Hall–Kier alpha value is -2.68. The van der Waals surface area contributed by atoms with Crippen LogP contribution in [0.3, 0.4) is 0 Å². The lowest BCUT2D eigenvalue weighted by molar-refractivity contribution is -0.133. The molecule has 1 atom stereocenters. The second-order valence-corrected chi connectivity index (χ2v) is 10.3. The molecule has 0 saturated heterocycles. The molecule has 1 aliphatic carbocycles. The van der Waals surface area contributed by atoms with Gasteiger partial charge in [0.15, 0.2) is 6.61 Å². The van der Waals surface area contributed by atoms with E-state index in [9.17, 15) is 23.5 Å². The summed E-state index contributed by atoms with van der Waals surface area (Å²) in [6, 6.07) is 8.35. The number of ether oxygens (including phenoxy) is 1. The third-order valence-corrected chi connectivity index (χ3v) is 7.56. The van der Waals surface area contributed by atoms with E-state index in [2.05, 4.69) is 5.32 Å². The molecule has 2 N–H and O–H groups in total. The maximum absolute atomic E-state index is 14.0. The van der Waals surface area contributed by atoms with Gasteiger partial charge in [-0.25, -0.2) is 8.78 Å². The number of hydrogen-bond donors (Lipinski definition) is 2. The lowest BCUT2D eigenvalue weighted by Gasteiger charge is -2.46. The Labute approximate surface area is 224 Å². The fourth-order valence-corrected chi connectivity index (χ4v) is 5.33. The molecule has 2 aliphatic rings. The van der Waals surface area contributed by atoms with E-state index in [4.69, 9.17) is 27.9 Å². The van der Waals surface area contributed by atoms with Gasteiger partial charge in [0.1, 0.15) is 17.4 Å². The molecular formula is C27H28Cl2F2N2O4. The van der Waals surface area contributed by atoms with Gasteiger partial charge in [-0.15, -0.1) is 0 Å². The van der Waals surface area contributed by atoms with E-state index in [1.807, 2.05) is 0 Å². The van der Waals surface area contributed by atoms with Crippen LogP contribution in [0.15, 0.2) is 42.5 Å². The first-order valence-electron chi connectivity index (χ1n) is 12.2. The van der Waals surface area contributed by atoms with Crippen LogP contribution < -0.4 is 10.1 Å². The standard InChI is InChI=1S/C27H28Cl2F2N2O4/c28-21-6-4-17(10-23(21)30)18-11-26(36)33(15-18)27(8-2-1-3-9-27)13-19(34)14-32-25(35)16-37-20-5-7-22(29)24(31)12-20/h4-7,10-12,19,34H,1-3,8-9,13-16H2,(H,32,35)/t19-/m0/s1. The van der Waals surface area contributed by atoms with Crippen LogP contribution >= 0.6 is 23.2 Å². The molecule has 1 aliphatic heterocycles. The summed E-state index contributed by atoms with van der Waals surface area (Å²) in [4.78, 5) is 27.1. The number of halogens is 4. The van der Waals surface area contributed by atoms with E-state index in [-0.39, 0.29) is 34.9 Å². The normalized spacial score (nSPS) is 17.9. The molecular weight excluding hydrogens is 525 g/mol.